The minimum Gasteiger partial charge on any atom is -0.495 e. The van der Waals surface area contributed by atoms with Gasteiger partial charge in [-0.15, -0.1) is 0 Å². The first kappa shape index (κ1) is 14.9. The summed E-state index contributed by atoms with van der Waals surface area (Å²) >= 11 is 0. The van der Waals surface area contributed by atoms with Crippen LogP contribution in [-0.4, -0.2) is 30.6 Å². The van der Waals surface area contributed by atoms with Gasteiger partial charge in [0.05, 0.1) is 19.2 Å². The molecule has 0 spiro atoms. The molecular weight excluding hydrogens is 248 g/mol. The van der Waals surface area contributed by atoms with E-state index in [1.165, 1.54) is 24.9 Å². The summed E-state index contributed by atoms with van der Waals surface area (Å²) in [5.74, 6) is 6.81. The van der Waals surface area contributed by atoms with Crippen LogP contribution in [0.5, 0.6) is 5.75 Å². The highest BCUT2D eigenvalue weighted by Crippen LogP contribution is 2.30. The molecule has 1 aromatic carbocycles. The second kappa shape index (κ2) is 6.30. The van der Waals surface area contributed by atoms with E-state index in [4.69, 9.17) is 10.5 Å². The number of hydrogen-bond donors (Lipinski definition) is 1. The van der Waals surface area contributed by atoms with E-state index in [0.717, 1.165) is 17.9 Å². The minimum atomic E-state index is 0.295. The van der Waals surface area contributed by atoms with Gasteiger partial charge in [0, 0.05) is 12.1 Å². The predicted molar refractivity (Wildman–Crippen MR) is 82.6 cm³/mol. The number of nitrogens with zero attached hydrogens (tertiary/aromatic N) is 1. The average Bonchev–Trinajstić information content (AvgIpc) is 2.76. The van der Waals surface area contributed by atoms with E-state index in [0.29, 0.717) is 12.1 Å². The number of likely N-dealkylation sites (tertiary alicyclic amines) is 1. The van der Waals surface area contributed by atoms with Crippen LogP contribution in [0.25, 0.3) is 0 Å². The Morgan fingerprint density at radius 3 is 2.80 bits per heavy atom. The number of ether oxygens (including phenoxy) is 1. The molecule has 2 N–H and O–H groups in total. The van der Waals surface area contributed by atoms with E-state index in [1.807, 2.05) is 6.07 Å². The summed E-state index contributed by atoms with van der Waals surface area (Å²) in [5.41, 5.74) is 7.95. The van der Waals surface area contributed by atoms with Crippen LogP contribution in [0, 0.1) is 11.8 Å². The first-order valence-corrected chi connectivity index (χ1v) is 7.18. The third-order valence-electron chi connectivity index (χ3n) is 4.04. The maximum atomic E-state index is 5.45. The average molecular weight is 272 g/mol. The first-order valence-electron chi connectivity index (χ1n) is 7.18. The summed E-state index contributed by atoms with van der Waals surface area (Å²) in [7, 11) is 1.67. The highest BCUT2D eigenvalue weighted by Gasteiger charge is 2.31. The zero-order chi connectivity index (χ0) is 14.6. The van der Waals surface area contributed by atoms with Crippen molar-refractivity contribution in [2.75, 3.05) is 20.2 Å². The van der Waals surface area contributed by atoms with Crippen LogP contribution in [-0.2, 0) is 6.54 Å². The SMILES string of the molecule is COc1ccc(CN2CCCC2(C)C)cc1C#CCN. The van der Waals surface area contributed by atoms with Crippen LogP contribution in [0.15, 0.2) is 18.2 Å². The van der Waals surface area contributed by atoms with E-state index in [1.54, 1.807) is 7.11 Å². The largest absolute Gasteiger partial charge is 0.495 e. The molecule has 0 amide bonds. The molecule has 0 bridgehead atoms. The van der Waals surface area contributed by atoms with Crippen LogP contribution in [0.3, 0.4) is 0 Å². The van der Waals surface area contributed by atoms with E-state index in [2.05, 4.69) is 42.7 Å². The minimum absolute atomic E-state index is 0.295. The summed E-state index contributed by atoms with van der Waals surface area (Å²) in [4.78, 5) is 2.54. The van der Waals surface area contributed by atoms with Crippen LogP contribution in [0.4, 0.5) is 0 Å². The fourth-order valence-corrected chi connectivity index (χ4v) is 2.77. The van der Waals surface area contributed by atoms with Crippen molar-refractivity contribution in [1.82, 2.24) is 4.90 Å². The Kier molecular flexibility index (Phi) is 4.69. The molecule has 0 aliphatic carbocycles. The van der Waals surface area contributed by atoms with Gasteiger partial charge in [-0.2, -0.15) is 0 Å². The van der Waals surface area contributed by atoms with E-state index in [9.17, 15) is 0 Å². The smallest absolute Gasteiger partial charge is 0.134 e. The molecule has 20 heavy (non-hydrogen) atoms. The fraction of sp³-hybridized carbons (Fsp3) is 0.529. The highest BCUT2D eigenvalue weighted by molar-refractivity contribution is 5.48. The Hall–Kier alpha value is -1.50. The van der Waals surface area contributed by atoms with Gasteiger partial charge in [-0.25, -0.2) is 0 Å². The second-order valence-electron chi connectivity index (χ2n) is 5.88. The third kappa shape index (κ3) is 3.33. The van der Waals surface area contributed by atoms with Crippen molar-refractivity contribution in [2.24, 2.45) is 5.73 Å². The van der Waals surface area contributed by atoms with Crippen LogP contribution in [0.2, 0.25) is 0 Å². The Morgan fingerprint density at radius 1 is 1.40 bits per heavy atom. The Morgan fingerprint density at radius 2 is 2.20 bits per heavy atom. The molecule has 0 atom stereocenters. The molecular formula is C17H24N2O. The topological polar surface area (TPSA) is 38.5 Å². The van der Waals surface area contributed by atoms with Gasteiger partial charge in [0.25, 0.3) is 0 Å². The number of rotatable bonds is 3. The van der Waals surface area contributed by atoms with E-state index < -0.39 is 0 Å². The Labute approximate surface area is 122 Å². The van der Waals surface area contributed by atoms with Crippen molar-refractivity contribution in [3.63, 3.8) is 0 Å². The molecule has 3 heteroatoms. The number of hydrogen-bond acceptors (Lipinski definition) is 3. The summed E-state index contributed by atoms with van der Waals surface area (Å²) < 4.78 is 5.35. The number of methoxy groups -OCH3 is 1. The molecule has 2 rings (SSSR count). The molecule has 0 aromatic heterocycles. The van der Waals surface area contributed by atoms with Crippen molar-refractivity contribution in [1.29, 1.82) is 0 Å². The fourth-order valence-electron chi connectivity index (χ4n) is 2.77. The lowest BCUT2D eigenvalue weighted by molar-refractivity contribution is 0.166. The molecule has 1 aliphatic rings. The van der Waals surface area contributed by atoms with Gasteiger partial charge in [0.1, 0.15) is 5.75 Å². The van der Waals surface area contributed by atoms with Crippen molar-refractivity contribution in [2.45, 2.75) is 38.8 Å². The molecule has 0 saturated carbocycles. The second-order valence-corrected chi connectivity index (χ2v) is 5.88. The molecule has 0 radical (unpaired) electrons. The molecule has 108 valence electrons. The summed E-state index contributed by atoms with van der Waals surface area (Å²) in [6.07, 6.45) is 2.55. The molecule has 1 aliphatic heterocycles. The zero-order valence-corrected chi connectivity index (χ0v) is 12.7. The van der Waals surface area contributed by atoms with Gasteiger partial charge >= 0.3 is 0 Å². The van der Waals surface area contributed by atoms with E-state index in [-0.39, 0.29) is 0 Å². The lowest BCUT2D eigenvalue weighted by Crippen LogP contribution is -2.37. The maximum absolute atomic E-state index is 5.45. The van der Waals surface area contributed by atoms with Crippen molar-refractivity contribution < 1.29 is 4.74 Å². The van der Waals surface area contributed by atoms with Crippen LogP contribution < -0.4 is 10.5 Å². The van der Waals surface area contributed by atoms with Gasteiger partial charge in [-0.1, -0.05) is 17.9 Å². The highest BCUT2D eigenvalue weighted by atomic mass is 16.5. The number of benzene rings is 1. The molecule has 1 fully saturated rings. The van der Waals surface area contributed by atoms with Crippen LogP contribution in [0.1, 0.15) is 37.8 Å². The quantitative estimate of drug-likeness (QED) is 0.859. The van der Waals surface area contributed by atoms with Gasteiger partial charge < -0.3 is 10.5 Å². The molecule has 1 aromatic rings. The summed E-state index contributed by atoms with van der Waals surface area (Å²) in [5, 5.41) is 0. The standard InChI is InChI=1S/C17H24N2O/c1-17(2)9-5-11-19(17)13-14-7-8-16(20-3)15(12-14)6-4-10-18/h7-8,12H,5,9-11,13,18H2,1-3H3. The summed E-state index contributed by atoms with van der Waals surface area (Å²) in [6.45, 7) is 7.14. The third-order valence-corrected chi connectivity index (χ3v) is 4.04. The normalized spacial score (nSPS) is 17.6. The van der Waals surface area contributed by atoms with E-state index >= 15 is 0 Å². The van der Waals surface area contributed by atoms with Gasteiger partial charge in [0.15, 0.2) is 0 Å². The van der Waals surface area contributed by atoms with Gasteiger partial charge in [-0.05, 0) is 50.9 Å². The molecule has 3 nitrogen and oxygen atoms in total. The zero-order valence-electron chi connectivity index (χ0n) is 12.7. The van der Waals surface area contributed by atoms with Crippen molar-refractivity contribution in [3.05, 3.63) is 29.3 Å². The van der Waals surface area contributed by atoms with Crippen molar-refractivity contribution >= 4 is 0 Å². The maximum Gasteiger partial charge on any atom is 0.134 e. The predicted octanol–water partition coefficient (Wildman–Crippen LogP) is 2.38. The van der Waals surface area contributed by atoms with Gasteiger partial charge in [-0.3, -0.25) is 4.90 Å². The monoisotopic (exact) mass is 272 g/mol. The molecule has 1 saturated heterocycles. The lowest BCUT2D eigenvalue weighted by atomic mass is 10.0. The van der Waals surface area contributed by atoms with Crippen molar-refractivity contribution in [3.8, 4) is 17.6 Å². The summed E-state index contributed by atoms with van der Waals surface area (Å²) in [6, 6.07) is 6.25. The van der Waals surface area contributed by atoms with Gasteiger partial charge in [0.2, 0.25) is 0 Å². The Balaban J connectivity index is 2.20. The number of nitrogens with two attached hydrogens (primary N) is 1. The molecule has 1 heterocycles. The first-order chi connectivity index (χ1) is 9.56. The Bertz CT molecular complexity index is 526. The molecule has 0 unspecified atom stereocenters. The van der Waals surface area contributed by atoms with Crippen LogP contribution >= 0.6 is 0 Å². The lowest BCUT2D eigenvalue weighted by Gasteiger charge is -2.31.